The maximum absolute atomic E-state index is 4.57. The topological polar surface area (TPSA) is 34.0 Å². The van der Waals surface area contributed by atoms with E-state index in [9.17, 15) is 0 Å². The molecule has 1 saturated heterocycles. The third-order valence-corrected chi connectivity index (χ3v) is 3.61. The number of benzene rings is 1. The first-order valence-corrected chi connectivity index (χ1v) is 7.11. The van der Waals surface area contributed by atoms with Gasteiger partial charge in [-0.05, 0) is 38.1 Å². The fraction of sp³-hybridized carbons (Fsp3) is 0.467. The second kappa shape index (κ2) is 5.97. The minimum atomic E-state index is 0.923. The van der Waals surface area contributed by atoms with Gasteiger partial charge in [-0.1, -0.05) is 31.0 Å². The molecule has 1 aromatic carbocycles. The minimum Gasteiger partial charge on any atom is -0.297 e. The Morgan fingerprint density at radius 2 is 1.68 bits per heavy atom. The summed E-state index contributed by atoms with van der Waals surface area (Å²) in [6.07, 6.45) is 7.25. The summed E-state index contributed by atoms with van der Waals surface area (Å²) in [5.74, 6) is 0. The highest BCUT2D eigenvalue weighted by Gasteiger charge is 2.11. The second-order valence-electron chi connectivity index (χ2n) is 5.15. The van der Waals surface area contributed by atoms with E-state index >= 15 is 0 Å². The normalized spacial score (nSPS) is 17.3. The quantitative estimate of drug-likeness (QED) is 0.846. The zero-order chi connectivity index (χ0) is 12.9. The summed E-state index contributed by atoms with van der Waals surface area (Å²) >= 11 is 0. The van der Waals surface area contributed by atoms with Gasteiger partial charge in [0.25, 0.3) is 0 Å². The SMILES string of the molecule is c1ccc(-n2ncc(CN3CCCCCC3)n2)cc1. The van der Waals surface area contributed by atoms with Crippen molar-refractivity contribution < 1.29 is 0 Å². The summed E-state index contributed by atoms with van der Waals surface area (Å²) < 4.78 is 0. The smallest absolute Gasteiger partial charge is 0.0971 e. The fourth-order valence-electron chi connectivity index (χ4n) is 2.58. The Bertz CT molecular complexity index is 498. The molecule has 19 heavy (non-hydrogen) atoms. The average Bonchev–Trinajstić information content (AvgIpc) is 2.76. The molecular formula is C15H20N4. The molecule has 0 aliphatic carbocycles. The summed E-state index contributed by atoms with van der Waals surface area (Å²) in [5, 5.41) is 8.92. The first-order valence-electron chi connectivity index (χ1n) is 7.11. The lowest BCUT2D eigenvalue weighted by Crippen LogP contribution is -2.24. The van der Waals surface area contributed by atoms with Crippen LogP contribution in [0.3, 0.4) is 0 Å². The number of aromatic nitrogens is 3. The Labute approximate surface area is 114 Å². The van der Waals surface area contributed by atoms with Crippen molar-refractivity contribution in [3.63, 3.8) is 0 Å². The Morgan fingerprint density at radius 1 is 0.947 bits per heavy atom. The molecule has 100 valence electrons. The van der Waals surface area contributed by atoms with Gasteiger partial charge in [-0.25, -0.2) is 0 Å². The van der Waals surface area contributed by atoms with Crippen LogP contribution in [0.15, 0.2) is 36.5 Å². The third kappa shape index (κ3) is 3.20. The molecule has 2 aromatic rings. The lowest BCUT2D eigenvalue weighted by molar-refractivity contribution is 0.273. The van der Waals surface area contributed by atoms with Gasteiger partial charge in [0.05, 0.1) is 17.6 Å². The highest BCUT2D eigenvalue weighted by atomic mass is 15.5. The van der Waals surface area contributed by atoms with Crippen molar-refractivity contribution in [1.29, 1.82) is 0 Å². The third-order valence-electron chi connectivity index (χ3n) is 3.61. The Hall–Kier alpha value is -1.68. The number of likely N-dealkylation sites (tertiary alicyclic amines) is 1. The van der Waals surface area contributed by atoms with Gasteiger partial charge in [-0.2, -0.15) is 15.0 Å². The monoisotopic (exact) mass is 256 g/mol. The predicted molar refractivity (Wildman–Crippen MR) is 75.1 cm³/mol. The van der Waals surface area contributed by atoms with Crippen molar-refractivity contribution >= 4 is 0 Å². The van der Waals surface area contributed by atoms with Crippen LogP contribution in [0, 0.1) is 0 Å². The summed E-state index contributed by atoms with van der Waals surface area (Å²) in [4.78, 5) is 4.21. The first-order chi connectivity index (χ1) is 9.42. The molecule has 2 heterocycles. The van der Waals surface area contributed by atoms with Crippen LogP contribution in [0.5, 0.6) is 0 Å². The summed E-state index contributed by atoms with van der Waals surface area (Å²) in [5.41, 5.74) is 2.08. The van der Waals surface area contributed by atoms with Crippen LogP contribution in [-0.2, 0) is 6.54 Å². The van der Waals surface area contributed by atoms with E-state index < -0.39 is 0 Å². The standard InChI is InChI=1S/C15H20N4/c1-2-7-11-18(10-6-1)13-14-12-16-19(17-14)15-8-4-3-5-9-15/h3-5,8-9,12H,1-2,6-7,10-11,13H2. The molecule has 3 rings (SSSR count). The van der Waals surface area contributed by atoms with Gasteiger partial charge in [0.1, 0.15) is 0 Å². The maximum atomic E-state index is 4.57. The second-order valence-corrected chi connectivity index (χ2v) is 5.15. The molecule has 4 nitrogen and oxygen atoms in total. The van der Waals surface area contributed by atoms with Crippen LogP contribution in [0.25, 0.3) is 5.69 Å². The van der Waals surface area contributed by atoms with Gasteiger partial charge in [-0.3, -0.25) is 4.90 Å². The van der Waals surface area contributed by atoms with Crippen LogP contribution in [0.2, 0.25) is 0 Å². The Balaban J connectivity index is 1.68. The lowest BCUT2D eigenvalue weighted by Gasteiger charge is -2.17. The molecule has 0 bridgehead atoms. The van der Waals surface area contributed by atoms with Crippen molar-refractivity contribution in [3.05, 3.63) is 42.2 Å². The molecule has 0 saturated carbocycles. The minimum absolute atomic E-state index is 0.923. The average molecular weight is 256 g/mol. The molecule has 1 aliphatic rings. The van der Waals surface area contributed by atoms with Crippen molar-refractivity contribution in [2.24, 2.45) is 0 Å². The molecule has 0 amide bonds. The van der Waals surface area contributed by atoms with E-state index in [0.29, 0.717) is 0 Å². The molecule has 4 heteroatoms. The van der Waals surface area contributed by atoms with Crippen LogP contribution < -0.4 is 0 Å². The molecule has 0 spiro atoms. The van der Waals surface area contributed by atoms with Gasteiger partial charge >= 0.3 is 0 Å². The summed E-state index contributed by atoms with van der Waals surface area (Å²) in [6.45, 7) is 3.31. The van der Waals surface area contributed by atoms with Gasteiger partial charge in [0, 0.05) is 6.54 Å². The Morgan fingerprint density at radius 3 is 2.42 bits per heavy atom. The summed E-state index contributed by atoms with van der Waals surface area (Å²) in [6, 6.07) is 10.1. The van der Waals surface area contributed by atoms with Crippen molar-refractivity contribution in [1.82, 2.24) is 19.9 Å². The van der Waals surface area contributed by atoms with Crippen LogP contribution >= 0.6 is 0 Å². The van der Waals surface area contributed by atoms with E-state index in [1.165, 1.54) is 38.8 Å². The highest BCUT2D eigenvalue weighted by molar-refractivity contribution is 5.28. The van der Waals surface area contributed by atoms with E-state index in [1.807, 2.05) is 36.5 Å². The molecule has 1 fully saturated rings. The first kappa shape index (κ1) is 12.4. The van der Waals surface area contributed by atoms with Crippen molar-refractivity contribution in [3.8, 4) is 5.69 Å². The molecule has 1 aliphatic heterocycles. The maximum Gasteiger partial charge on any atom is 0.0971 e. The van der Waals surface area contributed by atoms with Gasteiger partial charge in [-0.15, -0.1) is 0 Å². The number of rotatable bonds is 3. The zero-order valence-corrected chi connectivity index (χ0v) is 11.2. The Kier molecular flexibility index (Phi) is 3.89. The molecule has 0 unspecified atom stereocenters. The summed E-state index contributed by atoms with van der Waals surface area (Å²) in [7, 11) is 0. The van der Waals surface area contributed by atoms with Crippen molar-refractivity contribution in [2.45, 2.75) is 32.2 Å². The number of hydrogen-bond acceptors (Lipinski definition) is 3. The molecule has 1 aromatic heterocycles. The van der Waals surface area contributed by atoms with Crippen LogP contribution in [-0.4, -0.2) is 33.0 Å². The zero-order valence-electron chi connectivity index (χ0n) is 11.2. The van der Waals surface area contributed by atoms with E-state index in [2.05, 4.69) is 15.1 Å². The van der Waals surface area contributed by atoms with Crippen LogP contribution in [0.1, 0.15) is 31.4 Å². The molecular weight excluding hydrogens is 236 g/mol. The molecule has 0 N–H and O–H groups in total. The largest absolute Gasteiger partial charge is 0.297 e. The number of hydrogen-bond donors (Lipinski definition) is 0. The van der Waals surface area contributed by atoms with E-state index in [4.69, 9.17) is 0 Å². The lowest BCUT2D eigenvalue weighted by atomic mass is 10.2. The van der Waals surface area contributed by atoms with Crippen molar-refractivity contribution in [2.75, 3.05) is 13.1 Å². The van der Waals surface area contributed by atoms with Gasteiger partial charge < -0.3 is 0 Å². The van der Waals surface area contributed by atoms with E-state index in [-0.39, 0.29) is 0 Å². The fourth-order valence-corrected chi connectivity index (χ4v) is 2.58. The number of nitrogens with zero attached hydrogens (tertiary/aromatic N) is 4. The van der Waals surface area contributed by atoms with Crippen LogP contribution in [0.4, 0.5) is 0 Å². The predicted octanol–water partition coefficient (Wildman–Crippen LogP) is 2.64. The highest BCUT2D eigenvalue weighted by Crippen LogP contribution is 2.12. The molecule has 0 radical (unpaired) electrons. The van der Waals surface area contributed by atoms with E-state index in [0.717, 1.165) is 17.9 Å². The van der Waals surface area contributed by atoms with Gasteiger partial charge in [0.2, 0.25) is 0 Å². The van der Waals surface area contributed by atoms with E-state index in [1.54, 1.807) is 4.80 Å². The number of para-hydroxylation sites is 1. The molecule has 0 atom stereocenters. The van der Waals surface area contributed by atoms with Gasteiger partial charge in [0.15, 0.2) is 0 Å².